The molecule has 6 heteroatoms. The fourth-order valence-corrected chi connectivity index (χ4v) is 1.40. The molecule has 0 aliphatic heterocycles. The molecule has 1 aromatic carbocycles. The Kier molecular flexibility index (Phi) is 2.95. The Labute approximate surface area is 97.8 Å². The second kappa shape index (κ2) is 4.40. The van der Waals surface area contributed by atoms with Crippen LogP contribution in [0.25, 0.3) is 11.1 Å². The third kappa shape index (κ3) is 2.35. The molecular weight excluding hydrogens is 222 g/mol. The molecule has 0 spiro atoms. The van der Waals surface area contributed by atoms with E-state index in [9.17, 15) is 10.1 Å². The first kappa shape index (κ1) is 11.4. The number of nitrogens with one attached hydrogen (secondary N) is 1. The summed E-state index contributed by atoms with van der Waals surface area (Å²) in [5.41, 5.74) is 1.04. The number of oxazole rings is 1. The molecule has 1 N–H and O–H groups in total. The molecule has 1 heterocycles. The molecule has 1 unspecified atom stereocenters. The van der Waals surface area contributed by atoms with Crippen LogP contribution < -0.4 is 5.32 Å². The van der Waals surface area contributed by atoms with E-state index in [1.807, 2.05) is 13.8 Å². The van der Waals surface area contributed by atoms with Crippen molar-refractivity contribution in [3.8, 4) is 0 Å². The molecule has 2 rings (SSSR count). The van der Waals surface area contributed by atoms with Crippen molar-refractivity contribution < 1.29 is 9.34 Å². The summed E-state index contributed by atoms with van der Waals surface area (Å²) in [7, 11) is 0. The summed E-state index contributed by atoms with van der Waals surface area (Å²) >= 11 is 0. The van der Waals surface area contributed by atoms with Gasteiger partial charge in [0, 0.05) is 12.1 Å². The first-order valence-corrected chi connectivity index (χ1v) is 5.41. The highest BCUT2D eigenvalue weighted by Crippen LogP contribution is 2.23. The number of fused-ring (bicyclic) bond motifs is 1. The van der Waals surface area contributed by atoms with Crippen molar-refractivity contribution in [3.05, 3.63) is 28.3 Å². The second-order valence-electron chi connectivity index (χ2n) is 3.88. The van der Waals surface area contributed by atoms with Crippen LogP contribution in [0.4, 0.5) is 11.7 Å². The Bertz CT molecular complexity index is 550. The number of benzene rings is 1. The van der Waals surface area contributed by atoms with Gasteiger partial charge in [-0.3, -0.25) is 10.1 Å². The quantitative estimate of drug-likeness (QED) is 0.650. The van der Waals surface area contributed by atoms with Crippen LogP contribution in [-0.2, 0) is 0 Å². The van der Waals surface area contributed by atoms with Crippen LogP contribution in [0.1, 0.15) is 20.3 Å². The molecule has 0 saturated carbocycles. The van der Waals surface area contributed by atoms with E-state index in [2.05, 4.69) is 10.3 Å². The largest absolute Gasteiger partial charge is 0.423 e. The van der Waals surface area contributed by atoms with Crippen molar-refractivity contribution in [2.45, 2.75) is 26.3 Å². The third-order valence-electron chi connectivity index (χ3n) is 2.57. The number of non-ortho nitro benzene ring substituents is 1. The van der Waals surface area contributed by atoms with Gasteiger partial charge in [0.25, 0.3) is 11.7 Å². The van der Waals surface area contributed by atoms with Gasteiger partial charge >= 0.3 is 0 Å². The Morgan fingerprint density at radius 3 is 3.00 bits per heavy atom. The fraction of sp³-hybridized carbons (Fsp3) is 0.364. The summed E-state index contributed by atoms with van der Waals surface area (Å²) < 4.78 is 5.40. The van der Waals surface area contributed by atoms with E-state index in [4.69, 9.17) is 4.42 Å². The van der Waals surface area contributed by atoms with Crippen molar-refractivity contribution in [2.75, 3.05) is 5.32 Å². The molecule has 0 aliphatic carbocycles. The highest BCUT2D eigenvalue weighted by atomic mass is 16.6. The van der Waals surface area contributed by atoms with Gasteiger partial charge in [0.15, 0.2) is 5.58 Å². The van der Waals surface area contributed by atoms with Gasteiger partial charge in [-0.25, -0.2) is 0 Å². The highest BCUT2D eigenvalue weighted by molar-refractivity contribution is 5.77. The molecule has 1 atom stereocenters. The van der Waals surface area contributed by atoms with Crippen LogP contribution in [0.3, 0.4) is 0 Å². The highest BCUT2D eigenvalue weighted by Gasteiger charge is 2.12. The lowest BCUT2D eigenvalue weighted by Crippen LogP contribution is -2.13. The number of aromatic nitrogens is 1. The van der Waals surface area contributed by atoms with Crippen LogP contribution in [0.15, 0.2) is 22.6 Å². The SMILES string of the molecule is CCC(C)Nc1nc2ccc([N+](=O)[O-])cc2o1. The average molecular weight is 235 g/mol. The van der Waals surface area contributed by atoms with Crippen LogP contribution in [0.5, 0.6) is 0 Å². The number of nitro groups is 1. The van der Waals surface area contributed by atoms with Gasteiger partial charge in [0.2, 0.25) is 0 Å². The normalized spacial score (nSPS) is 12.6. The van der Waals surface area contributed by atoms with E-state index in [0.717, 1.165) is 6.42 Å². The van der Waals surface area contributed by atoms with Gasteiger partial charge in [-0.2, -0.15) is 4.98 Å². The van der Waals surface area contributed by atoms with E-state index in [-0.39, 0.29) is 11.7 Å². The summed E-state index contributed by atoms with van der Waals surface area (Å²) in [6.45, 7) is 4.06. The Hall–Kier alpha value is -2.11. The molecule has 90 valence electrons. The van der Waals surface area contributed by atoms with Gasteiger partial charge in [-0.05, 0) is 19.4 Å². The first-order valence-electron chi connectivity index (χ1n) is 5.41. The minimum Gasteiger partial charge on any atom is -0.423 e. The second-order valence-corrected chi connectivity index (χ2v) is 3.88. The van der Waals surface area contributed by atoms with Crippen LogP contribution >= 0.6 is 0 Å². The molecule has 0 aliphatic rings. The van der Waals surface area contributed by atoms with E-state index in [0.29, 0.717) is 17.1 Å². The van der Waals surface area contributed by atoms with Crippen molar-refractivity contribution in [3.63, 3.8) is 0 Å². The van der Waals surface area contributed by atoms with Crippen molar-refractivity contribution >= 4 is 22.8 Å². The predicted octanol–water partition coefficient (Wildman–Crippen LogP) is 2.95. The van der Waals surface area contributed by atoms with Gasteiger partial charge in [-0.15, -0.1) is 0 Å². The summed E-state index contributed by atoms with van der Waals surface area (Å²) in [6.07, 6.45) is 0.943. The van der Waals surface area contributed by atoms with E-state index < -0.39 is 4.92 Å². The number of nitrogens with zero attached hydrogens (tertiary/aromatic N) is 2. The molecule has 0 bridgehead atoms. The van der Waals surface area contributed by atoms with Crippen LogP contribution in [-0.4, -0.2) is 15.9 Å². The maximum atomic E-state index is 10.6. The number of anilines is 1. The van der Waals surface area contributed by atoms with Crippen LogP contribution in [0.2, 0.25) is 0 Å². The maximum absolute atomic E-state index is 10.6. The zero-order valence-corrected chi connectivity index (χ0v) is 9.64. The molecular formula is C11H13N3O3. The lowest BCUT2D eigenvalue weighted by molar-refractivity contribution is -0.384. The Balaban J connectivity index is 2.33. The minimum absolute atomic E-state index is 0.00346. The first-order chi connectivity index (χ1) is 8.10. The molecule has 1 aromatic heterocycles. The zero-order chi connectivity index (χ0) is 12.4. The van der Waals surface area contributed by atoms with E-state index in [1.54, 1.807) is 6.07 Å². The molecule has 17 heavy (non-hydrogen) atoms. The van der Waals surface area contributed by atoms with Crippen molar-refractivity contribution in [1.29, 1.82) is 0 Å². The topological polar surface area (TPSA) is 81.2 Å². The maximum Gasteiger partial charge on any atom is 0.295 e. The predicted molar refractivity (Wildman–Crippen MR) is 64.0 cm³/mol. The number of rotatable bonds is 4. The lowest BCUT2D eigenvalue weighted by Gasteiger charge is -2.07. The standard InChI is InChI=1S/C11H13N3O3/c1-3-7(2)12-11-13-9-5-4-8(14(15)16)6-10(9)17-11/h4-7H,3H2,1-2H3,(H,12,13). The summed E-state index contributed by atoms with van der Waals surface area (Å²) in [4.78, 5) is 14.3. The van der Waals surface area contributed by atoms with Gasteiger partial charge < -0.3 is 9.73 Å². The van der Waals surface area contributed by atoms with Crippen molar-refractivity contribution in [1.82, 2.24) is 4.98 Å². The van der Waals surface area contributed by atoms with Gasteiger partial charge in [0.05, 0.1) is 11.0 Å². The van der Waals surface area contributed by atoms with Crippen LogP contribution in [0, 0.1) is 10.1 Å². The number of hydrogen-bond acceptors (Lipinski definition) is 5. The summed E-state index contributed by atoms with van der Waals surface area (Å²) in [6, 6.07) is 5.02. The molecule has 0 radical (unpaired) electrons. The smallest absolute Gasteiger partial charge is 0.295 e. The molecule has 0 fully saturated rings. The van der Waals surface area contributed by atoms with E-state index in [1.165, 1.54) is 12.1 Å². The van der Waals surface area contributed by atoms with Crippen molar-refractivity contribution in [2.24, 2.45) is 0 Å². The summed E-state index contributed by atoms with van der Waals surface area (Å²) in [5.74, 6) is 0. The lowest BCUT2D eigenvalue weighted by atomic mass is 10.3. The average Bonchev–Trinajstić information content (AvgIpc) is 2.69. The third-order valence-corrected chi connectivity index (χ3v) is 2.57. The van der Waals surface area contributed by atoms with Gasteiger partial charge in [0.1, 0.15) is 5.52 Å². The fourth-order valence-electron chi connectivity index (χ4n) is 1.40. The summed E-state index contributed by atoms with van der Waals surface area (Å²) in [5, 5.41) is 13.7. The molecule has 6 nitrogen and oxygen atoms in total. The van der Waals surface area contributed by atoms with Gasteiger partial charge in [-0.1, -0.05) is 6.92 Å². The minimum atomic E-state index is -0.455. The number of nitro benzene ring substituents is 1. The van der Waals surface area contributed by atoms with E-state index >= 15 is 0 Å². The zero-order valence-electron chi connectivity index (χ0n) is 9.64. The molecule has 2 aromatic rings. The molecule has 0 amide bonds. The number of hydrogen-bond donors (Lipinski definition) is 1. The monoisotopic (exact) mass is 235 g/mol. The molecule has 0 saturated heterocycles. The Morgan fingerprint density at radius 1 is 1.59 bits per heavy atom. The Morgan fingerprint density at radius 2 is 2.35 bits per heavy atom.